The number of hydrogen-bond acceptors (Lipinski definition) is 2. The van der Waals surface area contributed by atoms with Crippen LogP contribution in [0.25, 0.3) is 0 Å². The Kier molecular flexibility index (Phi) is 4.34. The van der Waals surface area contributed by atoms with Gasteiger partial charge in [-0.05, 0) is 34.2 Å². The lowest BCUT2D eigenvalue weighted by atomic mass is 10.2. The number of nitrogens with two attached hydrogens (primary N) is 1. The molecule has 1 aromatic carbocycles. The molecule has 0 bridgehead atoms. The summed E-state index contributed by atoms with van der Waals surface area (Å²) in [6, 6.07) is 7.99. The van der Waals surface area contributed by atoms with Crippen LogP contribution in [0.2, 0.25) is 0 Å². The fourth-order valence-corrected chi connectivity index (χ4v) is 1.68. The van der Waals surface area contributed by atoms with Gasteiger partial charge in [0.2, 0.25) is 5.91 Å². The first-order chi connectivity index (χ1) is 6.65. The zero-order valence-corrected chi connectivity index (χ0v) is 10.2. The van der Waals surface area contributed by atoms with Crippen LogP contribution in [0.4, 0.5) is 0 Å². The van der Waals surface area contributed by atoms with Crippen molar-refractivity contribution in [3.8, 4) is 0 Å². The van der Waals surface area contributed by atoms with Crippen LogP contribution in [0.15, 0.2) is 24.3 Å². The van der Waals surface area contributed by atoms with Crippen molar-refractivity contribution < 1.29 is 4.79 Å². The second-order valence-electron chi connectivity index (χ2n) is 3.05. The molecule has 76 valence electrons. The Hall–Kier alpha value is -0.620. The molecule has 0 atom stereocenters. The van der Waals surface area contributed by atoms with Gasteiger partial charge >= 0.3 is 0 Å². The summed E-state index contributed by atoms with van der Waals surface area (Å²) in [5.74, 6) is -0.0374. The SMILES string of the molecule is CN(Cc1ccccc1I)C(=O)CN. The molecule has 4 heteroatoms. The van der Waals surface area contributed by atoms with Gasteiger partial charge in [-0.25, -0.2) is 0 Å². The molecule has 1 rings (SSSR count). The molecule has 0 radical (unpaired) electrons. The minimum atomic E-state index is -0.0374. The maximum Gasteiger partial charge on any atom is 0.236 e. The first kappa shape index (κ1) is 11.5. The van der Waals surface area contributed by atoms with Gasteiger partial charge in [0.05, 0.1) is 6.54 Å². The summed E-state index contributed by atoms with van der Waals surface area (Å²) < 4.78 is 1.17. The molecule has 0 saturated heterocycles. The van der Waals surface area contributed by atoms with E-state index < -0.39 is 0 Å². The Balaban J connectivity index is 2.69. The lowest BCUT2D eigenvalue weighted by Crippen LogP contribution is -2.32. The van der Waals surface area contributed by atoms with Gasteiger partial charge in [-0.1, -0.05) is 18.2 Å². The summed E-state index contributed by atoms with van der Waals surface area (Å²) in [6.45, 7) is 0.690. The van der Waals surface area contributed by atoms with Crippen molar-refractivity contribution in [3.05, 3.63) is 33.4 Å². The number of rotatable bonds is 3. The van der Waals surface area contributed by atoms with Crippen molar-refractivity contribution in [1.82, 2.24) is 4.90 Å². The van der Waals surface area contributed by atoms with E-state index in [9.17, 15) is 4.79 Å². The van der Waals surface area contributed by atoms with Crippen molar-refractivity contribution in [2.24, 2.45) is 5.73 Å². The molecule has 1 amide bonds. The van der Waals surface area contributed by atoms with E-state index in [-0.39, 0.29) is 12.5 Å². The normalized spacial score (nSPS) is 9.93. The van der Waals surface area contributed by atoms with Gasteiger partial charge in [-0.3, -0.25) is 4.79 Å². The number of halogens is 1. The van der Waals surface area contributed by atoms with Crippen LogP contribution in [0, 0.1) is 3.57 Å². The molecule has 0 spiro atoms. The summed E-state index contributed by atoms with van der Waals surface area (Å²) in [5.41, 5.74) is 6.42. The standard InChI is InChI=1S/C10H13IN2O/c1-13(10(14)6-12)7-8-4-2-3-5-9(8)11/h2-5H,6-7,12H2,1H3. The van der Waals surface area contributed by atoms with Crippen LogP contribution in [-0.2, 0) is 11.3 Å². The van der Waals surface area contributed by atoms with Gasteiger partial charge in [0.1, 0.15) is 0 Å². The maximum atomic E-state index is 11.2. The molecule has 0 fully saturated rings. The molecule has 0 aliphatic heterocycles. The number of amides is 1. The molecule has 3 nitrogen and oxygen atoms in total. The third-order valence-corrected chi connectivity index (χ3v) is 3.02. The average Bonchev–Trinajstić information content (AvgIpc) is 2.20. The van der Waals surface area contributed by atoms with Crippen LogP contribution >= 0.6 is 22.6 Å². The van der Waals surface area contributed by atoms with Gasteiger partial charge < -0.3 is 10.6 Å². The summed E-state index contributed by atoms with van der Waals surface area (Å²) in [4.78, 5) is 12.9. The lowest BCUT2D eigenvalue weighted by Gasteiger charge is -2.16. The highest BCUT2D eigenvalue weighted by molar-refractivity contribution is 14.1. The highest BCUT2D eigenvalue weighted by Crippen LogP contribution is 2.12. The van der Waals surface area contributed by atoms with Gasteiger partial charge in [0, 0.05) is 17.2 Å². The molecule has 14 heavy (non-hydrogen) atoms. The second kappa shape index (κ2) is 5.31. The summed E-state index contributed by atoms with van der Waals surface area (Å²) in [5, 5.41) is 0. The topological polar surface area (TPSA) is 46.3 Å². The average molecular weight is 304 g/mol. The van der Waals surface area contributed by atoms with Crippen LogP contribution in [0.5, 0.6) is 0 Å². The minimum absolute atomic E-state index is 0.0374. The van der Waals surface area contributed by atoms with E-state index in [0.717, 1.165) is 5.56 Å². The van der Waals surface area contributed by atoms with Gasteiger partial charge in [-0.2, -0.15) is 0 Å². The van der Waals surface area contributed by atoms with Gasteiger partial charge in [-0.15, -0.1) is 0 Å². The Morgan fingerprint density at radius 3 is 2.71 bits per heavy atom. The number of benzene rings is 1. The molecule has 0 unspecified atom stereocenters. The summed E-state index contributed by atoms with van der Waals surface area (Å²) >= 11 is 2.26. The minimum Gasteiger partial charge on any atom is -0.340 e. The molecule has 0 heterocycles. The molecular formula is C10H13IN2O. The number of likely N-dealkylation sites (N-methyl/N-ethyl adjacent to an activating group) is 1. The maximum absolute atomic E-state index is 11.2. The van der Waals surface area contributed by atoms with Crippen molar-refractivity contribution in [3.63, 3.8) is 0 Å². The van der Waals surface area contributed by atoms with E-state index in [2.05, 4.69) is 22.6 Å². The molecule has 0 aromatic heterocycles. The predicted octanol–water partition coefficient (Wildman–Crippen LogP) is 1.21. The Morgan fingerprint density at radius 1 is 1.50 bits per heavy atom. The molecular weight excluding hydrogens is 291 g/mol. The molecule has 0 saturated carbocycles. The fourth-order valence-electron chi connectivity index (χ4n) is 1.13. The van der Waals surface area contributed by atoms with Gasteiger partial charge in [0.25, 0.3) is 0 Å². The van der Waals surface area contributed by atoms with Crippen LogP contribution in [-0.4, -0.2) is 24.4 Å². The Bertz CT molecular complexity index is 328. The number of nitrogens with zero attached hydrogens (tertiary/aromatic N) is 1. The van der Waals surface area contributed by atoms with Gasteiger partial charge in [0.15, 0.2) is 0 Å². The monoisotopic (exact) mass is 304 g/mol. The van der Waals surface area contributed by atoms with Crippen molar-refractivity contribution in [2.45, 2.75) is 6.54 Å². The zero-order valence-electron chi connectivity index (χ0n) is 8.03. The highest BCUT2D eigenvalue weighted by atomic mass is 127. The molecule has 0 aliphatic rings. The lowest BCUT2D eigenvalue weighted by molar-refractivity contribution is -0.128. The first-order valence-electron chi connectivity index (χ1n) is 4.32. The van der Waals surface area contributed by atoms with E-state index in [1.807, 2.05) is 24.3 Å². The molecule has 2 N–H and O–H groups in total. The van der Waals surface area contributed by atoms with E-state index in [1.165, 1.54) is 3.57 Å². The predicted molar refractivity (Wildman–Crippen MR) is 64.7 cm³/mol. The van der Waals surface area contributed by atoms with Crippen molar-refractivity contribution in [2.75, 3.05) is 13.6 Å². The third-order valence-electron chi connectivity index (χ3n) is 1.97. The van der Waals surface area contributed by atoms with Crippen molar-refractivity contribution in [1.29, 1.82) is 0 Å². The Labute approximate surface area is 97.4 Å². The quantitative estimate of drug-likeness (QED) is 0.853. The summed E-state index contributed by atoms with van der Waals surface area (Å²) in [6.07, 6.45) is 0. The van der Waals surface area contributed by atoms with Crippen molar-refractivity contribution >= 4 is 28.5 Å². The van der Waals surface area contributed by atoms with E-state index >= 15 is 0 Å². The van der Waals surface area contributed by atoms with E-state index in [1.54, 1.807) is 11.9 Å². The highest BCUT2D eigenvalue weighted by Gasteiger charge is 2.07. The fraction of sp³-hybridized carbons (Fsp3) is 0.300. The first-order valence-corrected chi connectivity index (χ1v) is 5.40. The zero-order chi connectivity index (χ0) is 10.6. The van der Waals surface area contributed by atoms with Crippen LogP contribution in [0.3, 0.4) is 0 Å². The van der Waals surface area contributed by atoms with Crippen LogP contribution < -0.4 is 5.73 Å². The number of carbonyl (C=O) groups is 1. The smallest absolute Gasteiger partial charge is 0.236 e. The van der Waals surface area contributed by atoms with E-state index in [0.29, 0.717) is 6.54 Å². The molecule has 0 aliphatic carbocycles. The second-order valence-corrected chi connectivity index (χ2v) is 4.21. The Morgan fingerprint density at radius 2 is 2.14 bits per heavy atom. The number of hydrogen-bond donors (Lipinski definition) is 1. The largest absolute Gasteiger partial charge is 0.340 e. The summed E-state index contributed by atoms with van der Waals surface area (Å²) in [7, 11) is 1.76. The molecule has 1 aromatic rings. The third kappa shape index (κ3) is 2.95. The van der Waals surface area contributed by atoms with E-state index in [4.69, 9.17) is 5.73 Å². The number of carbonyl (C=O) groups excluding carboxylic acids is 1. The van der Waals surface area contributed by atoms with Crippen LogP contribution in [0.1, 0.15) is 5.56 Å².